The average Bonchev–Trinajstić information content (AvgIpc) is 2.81. The number of rotatable bonds is 5. The minimum absolute atomic E-state index is 0.173. The van der Waals surface area contributed by atoms with Crippen LogP contribution < -0.4 is 5.32 Å². The fourth-order valence-electron chi connectivity index (χ4n) is 2.17. The summed E-state index contributed by atoms with van der Waals surface area (Å²) >= 11 is 0. The van der Waals surface area contributed by atoms with Gasteiger partial charge in [0.25, 0.3) is 0 Å². The van der Waals surface area contributed by atoms with Gasteiger partial charge in [0.15, 0.2) is 0 Å². The Kier molecular flexibility index (Phi) is 4.21. The molecule has 1 atom stereocenters. The van der Waals surface area contributed by atoms with Crippen LogP contribution in [0.3, 0.4) is 0 Å². The van der Waals surface area contributed by atoms with Gasteiger partial charge in [-0.15, -0.1) is 0 Å². The summed E-state index contributed by atoms with van der Waals surface area (Å²) in [5, 5.41) is 15.9. The zero-order valence-electron chi connectivity index (χ0n) is 11.9. The maximum absolute atomic E-state index is 4.28. The van der Waals surface area contributed by atoms with Crippen molar-refractivity contribution in [2.45, 2.75) is 32.7 Å². The molecule has 6 nitrogen and oxygen atoms in total. The third kappa shape index (κ3) is 2.96. The van der Waals surface area contributed by atoms with E-state index < -0.39 is 0 Å². The van der Waals surface area contributed by atoms with Gasteiger partial charge >= 0.3 is 0 Å². The zero-order valence-corrected chi connectivity index (χ0v) is 11.9. The molecular formula is C13H20N6. The summed E-state index contributed by atoms with van der Waals surface area (Å²) in [6.07, 6.45) is 3.24. The predicted octanol–water partition coefficient (Wildman–Crippen LogP) is 0.979. The molecule has 0 bridgehead atoms. The van der Waals surface area contributed by atoms with Crippen LogP contribution in [-0.2, 0) is 19.9 Å². The lowest BCUT2D eigenvalue weighted by atomic mass is 10.0. The molecule has 0 aliphatic rings. The van der Waals surface area contributed by atoms with E-state index in [0.29, 0.717) is 0 Å². The van der Waals surface area contributed by atoms with E-state index in [1.165, 1.54) is 5.56 Å². The fourth-order valence-corrected chi connectivity index (χ4v) is 2.17. The van der Waals surface area contributed by atoms with Crippen LogP contribution in [0.25, 0.3) is 0 Å². The first-order valence-electron chi connectivity index (χ1n) is 6.49. The molecule has 0 radical (unpaired) electrons. The minimum Gasteiger partial charge on any atom is -0.313 e. The second-order valence-corrected chi connectivity index (χ2v) is 4.59. The van der Waals surface area contributed by atoms with Crippen molar-refractivity contribution in [1.29, 1.82) is 0 Å². The van der Waals surface area contributed by atoms with Gasteiger partial charge in [0.1, 0.15) is 12.2 Å². The summed E-state index contributed by atoms with van der Waals surface area (Å²) in [5.74, 6) is 0.955. The summed E-state index contributed by atoms with van der Waals surface area (Å²) in [5.41, 5.74) is 3.16. The topological polar surface area (TPSA) is 68.5 Å². The molecule has 2 heterocycles. The Hall–Kier alpha value is -1.82. The number of nitrogens with one attached hydrogen (secondary N) is 1. The van der Waals surface area contributed by atoms with Crippen LogP contribution in [0.5, 0.6) is 0 Å². The van der Waals surface area contributed by atoms with Crippen molar-refractivity contribution in [3.8, 4) is 0 Å². The molecule has 0 spiro atoms. The maximum atomic E-state index is 4.28. The van der Waals surface area contributed by atoms with Crippen LogP contribution >= 0.6 is 0 Å². The molecule has 1 unspecified atom stereocenters. The molecular weight excluding hydrogens is 240 g/mol. The second-order valence-electron chi connectivity index (χ2n) is 4.59. The van der Waals surface area contributed by atoms with Gasteiger partial charge in [-0.1, -0.05) is 6.92 Å². The van der Waals surface area contributed by atoms with Gasteiger partial charge in [0, 0.05) is 19.5 Å². The Morgan fingerprint density at radius 1 is 1.37 bits per heavy atom. The van der Waals surface area contributed by atoms with Crippen LogP contribution in [0.4, 0.5) is 0 Å². The van der Waals surface area contributed by atoms with E-state index in [1.54, 1.807) is 11.0 Å². The summed E-state index contributed by atoms with van der Waals surface area (Å²) < 4.78 is 1.80. The van der Waals surface area contributed by atoms with E-state index in [2.05, 4.69) is 38.6 Å². The van der Waals surface area contributed by atoms with Gasteiger partial charge in [-0.3, -0.25) is 4.68 Å². The van der Waals surface area contributed by atoms with Crippen LogP contribution in [0.15, 0.2) is 12.4 Å². The highest BCUT2D eigenvalue weighted by molar-refractivity contribution is 5.25. The van der Waals surface area contributed by atoms with Gasteiger partial charge in [0.05, 0.1) is 11.4 Å². The van der Waals surface area contributed by atoms with Crippen molar-refractivity contribution in [3.63, 3.8) is 0 Å². The first-order chi connectivity index (χ1) is 9.15. The number of likely N-dealkylation sites (N-methyl/N-ethyl adjacent to an activating group) is 1. The Balaban J connectivity index is 2.31. The van der Waals surface area contributed by atoms with E-state index in [0.717, 1.165) is 30.1 Å². The average molecular weight is 260 g/mol. The van der Waals surface area contributed by atoms with E-state index in [-0.39, 0.29) is 6.04 Å². The number of nitrogens with zero attached hydrogens (tertiary/aromatic N) is 5. The smallest absolute Gasteiger partial charge is 0.138 e. The van der Waals surface area contributed by atoms with Crippen molar-refractivity contribution >= 4 is 0 Å². The summed E-state index contributed by atoms with van der Waals surface area (Å²) in [7, 11) is 3.86. The lowest BCUT2D eigenvalue weighted by molar-refractivity contribution is 0.544. The Morgan fingerprint density at radius 3 is 2.74 bits per heavy atom. The third-order valence-electron chi connectivity index (χ3n) is 3.28. The van der Waals surface area contributed by atoms with Crippen molar-refractivity contribution in [1.82, 2.24) is 30.3 Å². The molecule has 0 aliphatic heterocycles. The third-order valence-corrected chi connectivity index (χ3v) is 3.28. The van der Waals surface area contributed by atoms with Gasteiger partial charge in [-0.2, -0.15) is 15.3 Å². The van der Waals surface area contributed by atoms with Crippen molar-refractivity contribution in [3.05, 3.63) is 35.2 Å². The molecule has 0 aromatic carbocycles. The quantitative estimate of drug-likeness (QED) is 0.868. The number of aryl methyl sites for hydroxylation is 3. The molecule has 0 fully saturated rings. The minimum atomic E-state index is 0.173. The molecule has 2 aromatic heterocycles. The second kappa shape index (κ2) is 5.88. The molecule has 6 heteroatoms. The fraction of sp³-hybridized carbons (Fsp3) is 0.538. The maximum Gasteiger partial charge on any atom is 0.138 e. The molecule has 2 rings (SSSR count). The van der Waals surface area contributed by atoms with Gasteiger partial charge in [0.2, 0.25) is 0 Å². The summed E-state index contributed by atoms with van der Waals surface area (Å²) in [6, 6.07) is 2.27. The number of aromatic nitrogens is 5. The lowest BCUT2D eigenvalue weighted by Crippen LogP contribution is -2.23. The monoisotopic (exact) mass is 260 g/mol. The van der Waals surface area contributed by atoms with Crippen molar-refractivity contribution in [2.24, 2.45) is 7.05 Å². The first-order valence-corrected chi connectivity index (χ1v) is 6.49. The van der Waals surface area contributed by atoms with Crippen LogP contribution in [0.2, 0.25) is 0 Å². The van der Waals surface area contributed by atoms with Crippen molar-refractivity contribution in [2.75, 3.05) is 7.05 Å². The van der Waals surface area contributed by atoms with E-state index in [9.17, 15) is 0 Å². The predicted molar refractivity (Wildman–Crippen MR) is 72.7 cm³/mol. The highest BCUT2D eigenvalue weighted by Crippen LogP contribution is 2.20. The summed E-state index contributed by atoms with van der Waals surface area (Å²) in [6.45, 7) is 4.06. The highest BCUT2D eigenvalue weighted by atomic mass is 15.3. The SMILES string of the molecule is CCc1nnc(C)cc1C(Cc1ncnn1C)NC. The number of hydrogen-bond donors (Lipinski definition) is 1. The molecule has 19 heavy (non-hydrogen) atoms. The molecule has 0 aliphatic carbocycles. The van der Waals surface area contributed by atoms with Crippen LogP contribution in [0.1, 0.15) is 35.7 Å². The summed E-state index contributed by atoms with van der Waals surface area (Å²) in [4.78, 5) is 4.28. The molecule has 2 aromatic rings. The van der Waals surface area contributed by atoms with Gasteiger partial charge in [-0.05, 0) is 32.0 Å². The highest BCUT2D eigenvalue weighted by Gasteiger charge is 2.17. The molecule has 1 N–H and O–H groups in total. The molecule has 0 saturated heterocycles. The lowest BCUT2D eigenvalue weighted by Gasteiger charge is -2.18. The van der Waals surface area contributed by atoms with Gasteiger partial charge in [-0.25, -0.2) is 4.98 Å². The van der Waals surface area contributed by atoms with E-state index in [4.69, 9.17) is 0 Å². The standard InChI is InChI=1S/C13H20N6/c1-5-11-10(6-9(2)17-18-11)12(14-3)7-13-15-8-16-19(13)4/h6,8,12,14H,5,7H2,1-4H3. The molecule has 102 valence electrons. The first kappa shape index (κ1) is 13.6. The zero-order chi connectivity index (χ0) is 13.8. The Morgan fingerprint density at radius 2 is 2.16 bits per heavy atom. The van der Waals surface area contributed by atoms with E-state index >= 15 is 0 Å². The normalized spacial score (nSPS) is 12.6. The van der Waals surface area contributed by atoms with Crippen molar-refractivity contribution < 1.29 is 0 Å². The van der Waals surface area contributed by atoms with Crippen LogP contribution in [0, 0.1) is 6.92 Å². The van der Waals surface area contributed by atoms with E-state index in [1.807, 2.05) is 21.0 Å². The molecule has 0 amide bonds. The Bertz CT molecular complexity index is 548. The Labute approximate surface area is 113 Å². The number of hydrogen-bond acceptors (Lipinski definition) is 5. The van der Waals surface area contributed by atoms with Gasteiger partial charge < -0.3 is 5.32 Å². The molecule has 0 saturated carbocycles. The largest absolute Gasteiger partial charge is 0.313 e. The van der Waals surface area contributed by atoms with Crippen LogP contribution in [-0.4, -0.2) is 32.0 Å².